The number of esters is 1. The van der Waals surface area contributed by atoms with Gasteiger partial charge in [-0.2, -0.15) is 0 Å². The zero-order chi connectivity index (χ0) is 17.9. The highest BCUT2D eigenvalue weighted by molar-refractivity contribution is 7.21. The Labute approximate surface area is 160 Å². The number of benzene rings is 3. The Kier molecular flexibility index (Phi) is 4.74. The van der Waals surface area contributed by atoms with Crippen LogP contribution >= 0.6 is 22.9 Å². The molecule has 4 heteroatoms. The van der Waals surface area contributed by atoms with Gasteiger partial charge in [-0.15, -0.1) is 11.3 Å². The average molecular weight is 379 g/mol. The second kappa shape index (κ2) is 7.32. The number of carbonyl (C=O) groups is 1. The zero-order valence-electron chi connectivity index (χ0n) is 13.8. The number of halogens is 1. The summed E-state index contributed by atoms with van der Waals surface area (Å²) in [7, 11) is 0. The van der Waals surface area contributed by atoms with Crippen molar-refractivity contribution in [3.05, 3.63) is 106 Å². The maximum absolute atomic E-state index is 12.9. The molecule has 3 aromatic carbocycles. The lowest BCUT2D eigenvalue weighted by molar-refractivity contribution is 0.0384. The van der Waals surface area contributed by atoms with Crippen LogP contribution in [0.5, 0.6) is 0 Å². The summed E-state index contributed by atoms with van der Waals surface area (Å²) in [6.45, 7) is 0. The fourth-order valence-corrected chi connectivity index (χ4v) is 4.28. The van der Waals surface area contributed by atoms with Crippen LogP contribution in [0.4, 0.5) is 0 Å². The fourth-order valence-electron chi connectivity index (χ4n) is 2.89. The smallest absolute Gasteiger partial charge is 0.350 e. The first kappa shape index (κ1) is 16.8. The second-order valence-corrected chi connectivity index (χ2v) is 7.28. The van der Waals surface area contributed by atoms with Crippen molar-refractivity contribution in [1.82, 2.24) is 0 Å². The molecule has 0 spiro atoms. The third-order valence-electron chi connectivity index (χ3n) is 4.15. The van der Waals surface area contributed by atoms with E-state index in [1.165, 1.54) is 11.3 Å². The van der Waals surface area contributed by atoms with Gasteiger partial charge in [-0.1, -0.05) is 90.5 Å². The van der Waals surface area contributed by atoms with Gasteiger partial charge in [0.25, 0.3) is 0 Å². The summed E-state index contributed by atoms with van der Waals surface area (Å²) in [6, 6.07) is 27.2. The van der Waals surface area contributed by atoms with Crippen molar-refractivity contribution in [2.45, 2.75) is 6.10 Å². The molecular formula is C22H15ClO2S. The van der Waals surface area contributed by atoms with Gasteiger partial charge in [0.15, 0.2) is 6.10 Å². The van der Waals surface area contributed by atoms with Crippen LogP contribution in [0, 0.1) is 0 Å². The Morgan fingerprint density at radius 1 is 0.808 bits per heavy atom. The van der Waals surface area contributed by atoms with Crippen LogP contribution in [-0.4, -0.2) is 5.97 Å². The number of hydrogen-bond acceptors (Lipinski definition) is 3. The molecule has 0 bridgehead atoms. The van der Waals surface area contributed by atoms with Crippen LogP contribution in [0.15, 0.2) is 84.9 Å². The Morgan fingerprint density at radius 2 is 1.35 bits per heavy atom. The van der Waals surface area contributed by atoms with Crippen LogP contribution in [0.3, 0.4) is 0 Å². The van der Waals surface area contributed by atoms with Crippen LogP contribution in [0.1, 0.15) is 26.9 Å². The minimum Gasteiger partial charge on any atom is -0.448 e. The third-order valence-corrected chi connectivity index (χ3v) is 5.81. The number of ether oxygens (including phenoxy) is 1. The standard InChI is InChI=1S/C22H15ClO2S/c23-19-17-13-7-8-14-18(17)26-21(19)22(24)25-20(15-9-3-1-4-10-15)16-11-5-2-6-12-16/h1-14,20H. The van der Waals surface area contributed by atoms with Crippen molar-refractivity contribution in [3.8, 4) is 0 Å². The molecule has 0 fully saturated rings. The molecule has 0 saturated carbocycles. The minimum absolute atomic E-state index is 0.408. The monoisotopic (exact) mass is 378 g/mol. The van der Waals surface area contributed by atoms with Gasteiger partial charge in [0.2, 0.25) is 0 Å². The molecule has 0 atom stereocenters. The normalized spacial score (nSPS) is 11.0. The van der Waals surface area contributed by atoms with E-state index in [4.69, 9.17) is 16.3 Å². The highest BCUT2D eigenvalue weighted by Crippen LogP contribution is 2.37. The molecule has 0 N–H and O–H groups in total. The first-order valence-electron chi connectivity index (χ1n) is 8.22. The molecule has 0 aliphatic rings. The summed E-state index contributed by atoms with van der Waals surface area (Å²) >= 11 is 7.79. The van der Waals surface area contributed by atoms with Crippen molar-refractivity contribution in [3.63, 3.8) is 0 Å². The highest BCUT2D eigenvalue weighted by Gasteiger charge is 2.24. The van der Waals surface area contributed by atoms with E-state index in [2.05, 4.69) is 0 Å². The molecule has 1 heterocycles. The molecule has 2 nitrogen and oxygen atoms in total. The molecule has 4 rings (SSSR count). The molecule has 0 aliphatic carbocycles. The van der Waals surface area contributed by atoms with E-state index in [9.17, 15) is 4.79 Å². The summed E-state index contributed by atoms with van der Waals surface area (Å²) in [4.78, 5) is 13.3. The number of fused-ring (bicyclic) bond motifs is 1. The van der Waals surface area contributed by atoms with E-state index in [1.54, 1.807) is 0 Å². The molecule has 0 unspecified atom stereocenters. The molecule has 4 aromatic rings. The zero-order valence-corrected chi connectivity index (χ0v) is 15.3. The van der Waals surface area contributed by atoms with Gasteiger partial charge in [0.1, 0.15) is 4.88 Å². The van der Waals surface area contributed by atoms with Gasteiger partial charge in [-0.3, -0.25) is 0 Å². The average Bonchev–Trinajstić information content (AvgIpc) is 3.04. The van der Waals surface area contributed by atoms with Gasteiger partial charge >= 0.3 is 5.97 Å². The van der Waals surface area contributed by atoms with Gasteiger partial charge in [0, 0.05) is 10.1 Å². The fraction of sp³-hybridized carbons (Fsp3) is 0.0455. The summed E-state index contributed by atoms with van der Waals surface area (Å²) < 4.78 is 6.88. The second-order valence-electron chi connectivity index (χ2n) is 5.85. The van der Waals surface area contributed by atoms with Crippen LogP contribution in [0.25, 0.3) is 10.1 Å². The summed E-state index contributed by atoms with van der Waals surface area (Å²) in [5.74, 6) is -0.408. The third kappa shape index (κ3) is 3.24. The van der Waals surface area contributed by atoms with Crippen LogP contribution in [0.2, 0.25) is 5.02 Å². The molecular weight excluding hydrogens is 364 g/mol. The van der Waals surface area contributed by atoms with E-state index in [0.717, 1.165) is 21.2 Å². The predicted octanol–water partition coefficient (Wildman–Crippen LogP) is 6.50. The first-order valence-corrected chi connectivity index (χ1v) is 9.41. The maximum Gasteiger partial charge on any atom is 0.350 e. The minimum atomic E-state index is -0.480. The molecule has 0 amide bonds. The molecule has 0 saturated heterocycles. The number of hydrogen-bond donors (Lipinski definition) is 0. The van der Waals surface area contributed by atoms with Crippen LogP contribution in [-0.2, 0) is 4.74 Å². The quantitative estimate of drug-likeness (QED) is 0.379. The highest BCUT2D eigenvalue weighted by atomic mass is 35.5. The lowest BCUT2D eigenvalue weighted by atomic mass is 10.0. The largest absolute Gasteiger partial charge is 0.448 e. The van der Waals surface area contributed by atoms with E-state index in [0.29, 0.717) is 9.90 Å². The van der Waals surface area contributed by atoms with Crippen molar-refractivity contribution in [2.24, 2.45) is 0 Å². The lowest BCUT2D eigenvalue weighted by Crippen LogP contribution is -2.12. The topological polar surface area (TPSA) is 26.3 Å². The Hall–Kier alpha value is -2.62. The van der Waals surface area contributed by atoms with Gasteiger partial charge in [0.05, 0.1) is 5.02 Å². The SMILES string of the molecule is O=C(OC(c1ccccc1)c1ccccc1)c1sc2ccccc2c1Cl. The van der Waals surface area contributed by atoms with Crippen LogP contribution < -0.4 is 0 Å². The molecule has 0 radical (unpaired) electrons. The Balaban J connectivity index is 1.71. The van der Waals surface area contributed by atoms with Crippen molar-refractivity contribution in [1.29, 1.82) is 0 Å². The van der Waals surface area contributed by atoms with E-state index in [1.807, 2.05) is 84.9 Å². The number of thiophene rings is 1. The number of carbonyl (C=O) groups excluding carboxylic acids is 1. The van der Waals surface area contributed by atoms with E-state index < -0.39 is 12.1 Å². The molecule has 1 aromatic heterocycles. The predicted molar refractivity (Wildman–Crippen MR) is 107 cm³/mol. The van der Waals surface area contributed by atoms with Gasteiger partial charge in [-0.25, -0.2) is 4.79 Å². The molecule has 128 valence electrons. The maximum atomic E-state index is 12.9. The first-order chi connectivity index (χ1) is 12.7. The molecule has 26 heavy (non-hydrogen) atoms. The van der Waals surface area contributed by atoms with E-state index >= 15 is 0 Å². The van der Waals surface area contributed by atoms with Crippen molar-refractivity contribution in [2.75, 3.05) is 0 Å². The van der Waals surface area contributed by atoms with Gasteiger partial charge < -0.3 is 4.74 Å². The van der Waals surface area contributed by atoms with Gasteiger partial charge in [-0.05, 0) is 17.2 Å². The summed E-state index contributed by atoms with van der Waals surface area (Å²) in [5, 5.41) is 1.33. The summed E-state index contributed by atoms with van der Waals surface area (Å²) in [5.41, 5.74) is 1.84. The summed E-state index contributed by atoms with van der Waals surface area (Å²) in [6.07, 6.45) is -0.480. The van der Waals surface area contributed by atoms with Crippen molar-refractivity contribution >= 4 is 39.0 Å². The number of rotatable bonds is 4. The van der Waals surface area contributed by atoms with Crippen molar-refractivity contribution < 1.29 is 9.53 Å². The Bertz CT molecular complexity index is 1000. The molecule has 0 aliphatic heterocycles. The Morgan fingerprint density at radius 3 is 1.92 bits per heavy atom. The van der Waals surface area contributed by atoms with E-state index in [-0.39, 0.29) is 0 Å². The lowest BCUT2D eigenvalue weighted by Gasteiger charge is -2.18.